The number of likely N-dealkylation sites (tertiary alicyclic amines) is 1. The first kappa shape index (κ1) is 21.7. The van der Waals surface area contributed by atoms with Crippen molar-refractivity contribution in [2.24, 2.45) is 5.41 Å². The van der Waals surface area contributed by atoms with Gasteiger partial charge in [-0.3, -0.25) is 9.59 Å². The number of aliphatic hydroxyl groups excluding tert-OH is 1. The highest BCUT2D eigenvalue weighted by atomic mass is 19.1. The van der Waals surface area contributed by atoms with Crippen LogP contribution in [-0.2, 0) is 9.59 Å². The summed E-state index contributed by atoms with van der Waals surface area (Å²) in [6.45, 7) is 2.71. The van der Waals surface area contributed by atoms with Crippen LogP contribution in [0, 0.1) is 11.2 Å². The molecule has 0 bridgehead atoms. The Kier molecular flexibility index (Phi) is 5.86. The van der Waals surface area contributed by atoms with Crippen LogP contribution in [0.4, 0.5) is 15.8 Å². The van der Waals surface area contributed by atoms with Crippen molar-refractivity contribution in [3.05, 3.63) is 24.0 Å². The number of carbonyl (C=O) groups is 2. The summed E-state index contributed by atoms with van der Waals surface area (Å²) >= 11 is 0. The summed E-state index contributed by atoms with van der Waals surface area (Å²) in [7, 11) is 0. The number of amides is 2. The van der Waals surface area contributed by atoms with E-state index < -0.39 is 5.41 Å². The van der Waals surface area contributed by atoms with E-state index in [0.29, 0.717) is 30.9 Å². The van der Waals surface area contributed by atoms with E-state index in [9.17, 15) is 14.7 Å². The normalized spacial score (nSPS) is 31.6. The van der Waals surface area contributed by atoms with E-state index in [1.807, 2.05) is 11.0 Å². The van der Waals surface area contributed by atoms with Crippen molar-refractivity contribution < 1.29 is 19.1 Å². The molecule has 1 atom stereocenters. The predicted molar refractivity (Wildman–Crippen MR) is 121 cm³/mol. The van der Waals surface area contributed by atoms with Crippen molar-refractivity contribution >= 4 is 23.2 Å². The van der Waals surface area contributed by atoms with Crippen LogP contribution < -0.4 is 9.80 Å². The lowest BCUT2D eigenvalue weighted by atomic mass is 9.78. The molecule has 1 unspecified atom stereocenters. The van der Waals surface area contributed by atoms with Crippen LogP contribution in [-0.4, -0.2) is 60.1 Å². The second kappa shape index (κ2) is 8.65. The minimum atomic E-state index is -0.428. The van der Waals surface area contributed by atoms with Gasteiger partial charge in [-0.2, -0.15) is 0 Å². The summed E-state index contributed by atoms with van der Waals surface area (Å²) in [5.74, 6) is -0.0341. The summed E-state index contributed by atoms with van der Waals surface area (Å²) in [5.41, 5.74) is 0.733. The monoisotopic (exact) mass is 443 g/mol. The number of rotatable bonds is 3. The van der Waals surface area contributed by atoms with Crippen molar-refractivity contribution in [1.29, 1.82) is 0 Å². The van der Waals surface area contributed by atoms with Crippen LogP contribution in [0.1, 0.15) is 64.2 Å². The Hall–Kier alpha value is -2.15. The number of hydrogen-bond acceptors (Lipinski definition) is 4. The number of benzene rings is 1. The Morgan fingerprint density at radius 1 is 0.969 bits per heavy atom. The Bertz CT molecular complexity index is 885. The molecular weight excluding hydrogens is 409 g/mol. The van der Waals surface area contributed by atoms with Gasteiger partial charge >= 0.3 is 0 Å². The second-order valence-corrected chi connectivity index (χ2v) is 10.2. The smallest absolute Gasteiger partial charge is 0.230 e. The standard InChI is InChI=1S/C25H34FN3O3/c26-21-16-19(28-14-2-1-4-23(28)31)7-10-22(21)27-13-3-11-25(17-27)12-15-29(24(25)32)18-5-8-20(30)9-6-18/h7,10,16,18,20,30H,1-6,8-9,11-15,17H2/t18-,20-,25?. The van der Waals surface area contributed by atoms with Crippen molar-refractivity contribution in [2.45, 2.75) is 76.4 Å². The minimum Gasteiger partial charge on any atom is -0.393 e. The quantitative estimate of drug-likeness (QED) is 0.777. The Morgan fingerprint density at radius 2 is 1.78 bits per heavy atom. The first-order chi connectivity index (χ1) is 15.5. The van der Waals surface area contributed by atoms with E-state index in [4.69, 9.17) is 0 Å². The average Bonchev–Trinajstić information content (AvgIpc) is 3.10. The fourth-order valence-electron chi connectivity index (χ4n) is 6.28. The van der Waals surface area contributed by atoms with Gasteiger partial charge in [-0.1, -0.05) is 0 Å². The van der Waals surface area contributed by atoms with Crippen LogP contribution in [0.2, 0.25) is 0 Å². The van der Waals surface area contributed by atoms with Gasteiger partial charge in [0.05, 0.1) is 17.2 Å². The molecule has 3 aliphatic heterocycles. The van der Waals surface area contributed by atoms with Crippen molar-refractivity contribution in [3.8, 4) is 0 Å². The zero-order valence-corrected chi connectivity index (χ0v) is 18.8. The highest BCUT2D eigenvalue weighted by molar-refractivity contribution is 5.94. The number of anilines is 2. The molecule has 1 N–H and O–H groups in total. The van der Waals surface area contributed by atoms with Gasteiger partial charge in [0.2, 0.25) is 11.8 Å². The SMILES string of the molecule is O=C1CCCCN1c1ccc(N2CCCC3(CCN([C@H]4CC[C@H](O)CC4)C3=O)C2)c(F)c1. The fourth-order valence-corrected chi connectivity index (χ4v) is 6.28. The summed E-state index contributed by atoms with van der Waals surface area (Å²) in [6, 6.07) is 5.35. The van der Waals surface area contributed by atoms with Gasteiger partial charge in [-0.05, 0) is 76.0 Å². The molecule has 0 radical (unpaired) electrons. The van der Waals surface area contributed by atoms with Crippen LogP contribution in [0.3, 0.4) is 0 Å². The molecule has 1 saturated carbocycles. The zero-order chi connectivity index (χ0) is 22.3. The molecule has 1 aromatic carbocycles. The minimum absolute atomic E-state index is 0.0622. The van der Waals surface area contributed by atoms with E-state index >= 15 is 4.39 Å². The van der Waals surface area contributed by atoms with E-state index in [2.05, 4.69) is 4.90 Å². The Balaban J connectivity index is 1.31. The van der Waals surface area contributed by atoms with E-state index in [-0.39, 0.29) is 29.8 Å². The molecule has 32 heavy (non-hydrogen) atoms. The summed E-state index contributed by atoms with van der Waals surface area (Å²) < 4.78 is 15.2. The largest absolute Gasteiger partial charge is 0.393 e. The third-order valence-electron chi connectivity index (χ3n) is 8.14. The summed E-state index contributed by atoms with van der Waals surface area (Å²) in [5, 5.41) is 9.81. The Morgan fingerprint density at radius 3 is 2.53 bits per heavy atom. The molecule has 0 aromatic heterocycles. The number of piperidine rings is 2. The van der Waals surface area contributed by atoms with Gasteiger partial charge in [0.15, 0.2) is 0 Å². The maximum atomic E-state index is 15.2. The average molecular weight is 444 g/mol. The van der Waals surface area contributed by atoms with Crippen LogP contribution in [0.15, 0.2) is 18.2 Å². The predicted octanol–water partition coefficient (Wildman–Crippen LogP) is 3.47. The number of aliphatic hydroxyl groups is 1. The lowest BCUT2D eigenvalue weighted by Crippen LogP contribution is -2.50. The summed E-state index contributed by atoms with van der Waals surface area (Å²) in [4.78, 5) is 31.5. The number of hydrogen-bond donors (Lipinski definition) is 1. The highest BCUT2D eigenvalue weighted by Gasteiger charge is 2.50. The maximum absolute atomic E-state index is 15.2. The first-order valence-corrected chi connectivity index (χ1v) is 12.3. The zero-order valence-electron chi connectivity index (χ0n) is 18.8. The third-order valence-corrected chi connectivity index (χ3v) is 8.14. The number of carbonyl (C=O) groups excluding carboxylic acids is 2. The molecule has 7 heteroatoms. The van der Waals surface area contributed by atoms with Crippen molar-refractivity contribution in [1.82, 2.24) is 4.90 Å². The van der Waals surface area contributed by atoms with Gasteiger partial charge in [-0.15, -0.1) is 0 Å². The van der Waals surface area contributed by atoms with Gasteiger partial charge in [0.25, 0.3) is 0 Å². The molecule has 4 fully saturated rings. The molecule has 1 aromatic rings. The lowest BCUT2D eigenvalue weighted by Gasteiger charge is -2.41. The van der Waals surface area contributed by atoms with Crippen LogP contribution in [0.5, 0.6) is 0 Å². The summed E-state index contributed by atoms with van der Waals surface area (Å²) in [6.07, 6.45) is 7.98. The molecule has 4 aliphatic rings. The maximum Gasteiger partial charge on any atom is 0.230 e. The van der Waals surface area contributed by atoms with E-state index in [1.165, 1.54) is 6.07 Å². The topological polar surface area (TPSA) is 64.1 Å². The molecular formula is C25H34FN3O3. The van der Waals surface area contributed by atoms with Gasteiger partial charge < -0.3 is 19.8 Å². The van der Waals surface area contributed by atoms with Gasteiger partial charge in [0, 0.05) is 44.3 Å². The van der Waals surface area contributed by atoms with Gasteiger partial charge in [0.1, 0.15) is 5.82 Å². The Labute approximate surface area is 189 Å². The molecule has 2 amide bonds. The molecule has 3 saturated heterocycles. The second-order valence-electron chi connectivity index (χ2n) is 10.2. The van der Waals surface area contributed by atoms with E-state index in [1.54, 1.807) is 11.0 Å². The molecule has 1 aliphatic carbocycles. The highest BCUT2D eigenvalue weighted by Crippen LogP contribution is 2.44. The molecule has 6 nitrogen and oxygen atoms in total. The van der Waals surface area contributed by atoms with Crippen LogP contribution >= 0.6 is 0 Å². The van der Waals surface area contributed by atoms with E-state index in [0.717, 1.165) is 70.9 Å². The van der Waals surface area contributed by atoms with Crippen molar-refractivity contribution in [3.63, 3.8) is 0 Å². The number of halogens is 1. The number of nitrogens with zero attached hydrogens (tertiary/aromatic N) is 3. The first-order valence-electron chi connectivity index (χ1n) is 12.3. The lowest BCUT2D eigenvalue weighted by molar-refractivity contribution is -0.139. The van der Waals surface area contributed by atoms with Crippen molar-refractivity contribution in [2.75, 3.05) is 36.0 Å². The van der Waals surface area contributed by atoms with Gasteiger partial charge in [-0.25, -0.2) is 4.39 Å². The molecule has 5 rings (SSSR count). The van der Waals surface area contributed by atoms with Crippen LogP contribution in [0.25, 0.3) is 0 Å². The third kappa shape index (κ3) is 3.89. The molecule has 1 spiro atoms. The molecule has 3 heterocycles. The molecule has 174 valence electrons. The fraction of sp³-hybridized carbons (Fsp3) is 0.680.